The molecule has 0 aliphatic heterocycles. The van der Waals surface area contributed by atoms with Crippen molar-refractivity contribution in [3.63, 3.8) is 0 Å². The van der Waals surface area contributed by atoms with Gasteiger partial charge in [0.25, 0.3) is 0 Å². The van der Waals surface area contributed by atoms with Crippen molar-refractivity contribution < 1.29 is 14.3 Å². The summed E-state index contributed by atoms with van der Waals surface area (Å²) in [5.41, 5.74) is 0. The van der Waals surface area contributed by atoms with Crippen LogP contribution in [0.2, 0.25) is 0 Å². The highest BCUT2D eigenvalue weighted by molar-refractivity contribution is 5.79. The fourth-order valence-electron chi connectivity index (χ4n) is 3.43. The smallest absolute Gasteiger partial charge is 0.307 e. The Balaban J connectivity index is 2.51. The third-order valence-electron chi connectivity index (χ3n) is 5.10. The van der Waals surface area contributed by atoms with Crippen LogP contribution in [-0.2, 0) is 14.3 Å². The average Bonchev–Trinajstić information content (AvgIpc) is 2.59. The summed E-state index contributed by atoms with van der Waals surface area (Å²) in [5.74, 6) is 0.928. The molecule has 0 aromatic rings. The van der Waals surface area contributed by atoms with E-state index in [1.807, 2.05) is 19.0 Å². The molecule has 24 heavy (non-hydrogen) atoms. The highest BCUT2D eigenvalue weighted by Crippen LogP contribution is 2.32. The van der Waals surface area contributed by atoms with Gasteiger partial charge in [0.15, 0.2) is 0 Å². The second kappa shape index (κ2) is 11.5. The molecule has 1 amide bonds. The van der Waals surface area contributed by atoms with E-state index in [0.29, 0.717) is 13.1 Å². The minimum Gasteiger partial charge on any atom is -0.469 e. The summed E-state index contributed by atoms with van der Waals surface area (Å²) in [5, 5.41) is 0. The number of ether oxygens (including phenoxy) is 1. The molecule has 5 nitrogen and oxygen atoms in total. The van der Waals surface area contributed by atoms with Crippen molar-refractivity contribution in [1.82, 2.24) is 9.80 Å². The van der Waals surface area contributed by atoms with Crippen molar-refractivity contribution in [2.45, 2.75) is 58.3 Å². The Kier molecular flexibility index (Phi) is 9.99. The Labute approximate surface area is 147 Å². The number of carbonyl (C=O) groups excluding carboxylic acids is 2. The first-order valence-corrected chi connectivity index (χ1v) is 9.48. The van der Waals surface area contributed by atoms with E-state index in [1.54, 1.807) is 0 Å². The number of carbonyl (C=O) groups is 2. The van der Waals surface area contributed by atoms with Crippen molar-refractivity contribution >= 4 is 11.9 Å². The zero-order valence-corrected chi connectivity index (χ0v) is 16.1. The van der Waals surface area contributed by atoms with Gasteiger partial charge in [0.05, 0.1) is 13.5 Å². The Bertz CT molecular complexity index is 377. The summed E-state index contributed by atoms with van der Waals surface area (Å²) in [4.78, 5) is 28.3. The lowest BCUT2D eigenvalue weighted by Crippen LogP contribution is -2.42. The van der Waals surface area contributed by atoms with Crippen molar-refractivity contribution in [3.05, 3.63) is 0 Å². The Morgan fingerprint density at radius 2 is 1.71 bits per heavy atom. The molecule has 1 fully saturated rings. The van der Waals surface area contributed by atoms with E-state index in [0.717, 1.165) is 25.3 Å². The monoisotopic (exact) mass is 340 g/mol. The molecule has 5 heteroatoms. The second-order valence-corrected chi connectivity index (χ2v) is 7.31. The molecule has 0 spiro atoms. The van der Waals surface area contributed by atoms with Gasteiger partial charge in [-0.25, -0.2) is 0 Å². The van der Waals surface area contributed by atoms with Crippen LogP contribution in [0.1, 0.15) is 58.3 Å². The molecule has 1 saturated carbocycles. The minimum absolute atomic E-state index is 0.141. The molecule has 140 valence electrons. The van der Waals surface area contributed by atoms with Gasteiger partial charge in [0.1, 0.15) is 0 Å². The molecular formula is C19H36N2O3. The highest BCUT2D eigenvalue weighted by atomic mass is 16.5. The van der Waals surface area contributed by atoms with Crippen LogP contribution in [0.5, 0.6) is 0 Å². The molecule has 0 atom stereocenters. The van der Waals surface area contributed by atoms with Gasteiger partial charge in [-0.1, -0.05) is 26.2 Å². The highest BCUT2D eigenvalue weighted by Gasteiger charge is 2.29. The Morgan fingerprint density at radius 1 is 1.04 bits per heavy atom. The van der Waals surface area contributed by atoms with Crippen LogP contribution in [0.3, 0.4) is 0 Å². The van der Waals surface area contributed by atoms with Gasteiger partial charge in [-0.05, 0) is 45.7 Å². The van der Waals surface area contributed by atoms with Crippen LogP contribution in [0.15, 0.2) is 0 Å². The number of likely N-dealkylation sites (N-methyl/N-ethyl adjacent to an activating group) is 1. The van der Waals surface area contributed by atoms with Crippen molar-refractivity contribution in [1.29, 1.82) is 0 Å². The molecule has 0 bridgehead atoms. The maximum Gasteiger partial charge on any atom is 0.307 e. The summed E-state index contributed by atoms with van der Waals surface area (Å²) in [6.07, 6.45) is 8.51. The van der Waals surface area contributed by atoms with Crippen LogP contribution in [-0.4, -0.2) is 62.5 Å². The maximum absolute atomic E-state index is 12.9. The molecule has 0 unspecified atom stereocenters. The fourth-order valence-corrected chi connectivity index (χ4v) is 3.43. The van der Waals surface area contributed by atoms with Crippen LogP contribution in [0, 0.1) is 11.8 Å². The normalized spacial score (nSPS) is 20.9. The SMILES string of the molecule is CCCCC1CCC(C(=O)N(CCC(=O)OC)CCN(C)C)CC1. The first-order valence-electron chi connectivity index (χ1n) is 9.48. The summed E-state index contributed by atoms with van der Waals surface area (Å²) in [7, 11) is 5.40. The number of unbranched alkanes of at least 4 members (excludes halogenated alkanes) is 1. The van der Waals surface area contributed by atoms with Crippen molar-refractivity contribution in [2.75, 3.05) is 40.8 Å². The molecule has 0 heterocycles. The Morgan fingerprint density at radius 3 is 2.25 bits per heavy atom. The summed E-state index contributed by atoms with van der Waals surface area (Å²) in [6.45, 7) is 4.20. The van der Waals surface area contributed by atoms with Gasteiger partial charge in [-0.2, -0.15) is 0 Å². The summed E-state index contributed by atoms with van der Waals surface area (Å²) < 4.78 is 4.72. The number of esters is 1. The lowest BCUT2D eigenvalue weighted by atomic mass is 9.79. The lowest BCUT2D eigenvalue weighted by Gasteiger charge is -2.32. The topological polar surface area (TPSA) is 49.9 Å². The summed E-state index contributed by atoms with van der Waals surface area (Å²) >= 11 is 0. The van der Waals surface area contributed by atoms with E-state index < -0.39 is 0 Å². The van der Waals surface area contributed by atoms with Crippen LogP contribution >= 0.6 is 0 Å². The van der Waals surface area contributed by atoms with Crippen LogP contribution < -0.4 is 0 Å². The predicted octanol–water partition coefficient (Wildman–Crippen LogP) is 2.94. The predicted molar refractivity (Wildman–Crippen MR) is 96.7 cm³/mol. The number of nitrogens with zero attached hydrogens (tertiary/aromatic N) is 2. The van der Waals surface area contributed by atoms with Gasteiger partial charge in [0.2, 0.25) is 5.91 Å². The zero-order chi connectivity index (χ0) is 17.9. The van der Waals surface area contributed by atoms with E-state index >= 15 is 0 Å². The largest absolute Gasteiger partial charge is 0.469 e. The van der Waals surface area contributed by atoms with E-state index in [9.17, 15) is 9.59 Å². The first-order chi connectivity index (χ1) is 11.5. The van der Waals surface area contributed by atoms with E-state index in [4.69, 9.17) is 4.74 Å². The number of hydrogen-bond acceptors (Lipinski definition) is 4. The van der Waals surface area contributed by atoms with Gasteiger partial charge in [0, 0.05) is 25.6 Å². The third kappa shape index (κ3) is 7.65. The number of rotatable bonds is 10. The minimum atomic E-state index is -0.249. The van der Waals surface area contributed by atoms with Gasteiger partial charge < -0.3 is 14.5 Å². The van der Waals surface area contributed by atoms with E-state index in [1.165, 1.54) is 39.2 Å². The molecule has 1 rings (SSSR count). The number of amides is 1. The molecule has 1 aliphatic rings. The molecule has 0 saturated heterocycles. The Hall–Kier alpha value is -1.10. The zero-order valence-electron chi connectivity index (χ0n) is 16.1. The second-order valence-electron chi connectivity index (χ2n) is 7.31. The molecule has 0 N–H and O–H groups in total. The van der Waals surface area contributed by atoms with Crippen LogP contribution in [0.4, 0.5) is 0 Å². The fraction of sp³-hybridized carbons (Fsp3) is 0.895. The molecule has 1 aliphatic carbocycles. The van der Waals surface area contributed by atoms with Gasteiger partial charge in [-0.3, -0.25) is 9.59 Å². The number of hydrogen-bond donors (Lipinski definition) is 0. The molecule has 0 aromatic carbocycles. The van der Waals surface area contributed by atoms with E-state index in [2.05, 4.69) is 11.8 Å². The van der Waals surface area contributed by atoms with Crippen molar-refractivity contribution in [2.24, 2.45) is 11.8 Å². The lowest BCUT2D eigenvalue weighted by molar-refractivity contribution is -0.142. The first kappa shape index (κ1) is 20.9. The summed E-state index contributed by atoms with van der Waals surface area (Å²) in [6, 6.07) is 0. The van der Waals surface area contributed by atoms with E-state index in [-0.39, 0.29) is 24.2 Å². The maximum atomic E-state index is 12.9. The van der Waals surface area contributed by atoms with Gasteiger partial charge >= 0.3 is 5.97 Å². The third-order valence-corrected chi connectivity index (χ3v) is 5.10. The average molecular weight is 341 g/mol. The van der Waals surface area contributed by atoms with Crippen LogP contribution in [0.25, 0.3) is 0 Å². The molecule has 0 radical (unpaired) electrons. The number of methoxy groups -OCH3 is 1. The molecular weight excluding hydrogens is 304 g/mol. The quantitative estimate of drug-likeness (QED) is 0.574. The van der Waals surface area contributed by atoms with Crippen molar-refractivity contribution in [3.8, 4) is 0 Å². The molecule has 0 aromatic heterocycles. The van der Waals surface area contributed by atoms with Gasteiger partial charge in [-0.15, -0.1) is 0 Å². The standard InChI is InChI=1S/C19H36N2O3/c1-5-6-7-16-8-10-17(11-9-16)19(23)21(15-14-20(2)3)13-12-18(22)24-4/h16-17H,5-15H2,1-4H3.